The molecule has 0 aromatic rings. The van der Waals surface area contributed by atoms with Gasteiger partial charge in [0.25, 0.3) is 0 Å². The fourth-order valence-electron chi connectivity index (χ4n) is 1.10. The van der Waals surface area contributed by atoms with Crippen molar-refractivity contribution in [3.05, 3.63) is 0 Å². The Morgan fingerprint density at radius 1 is 1.53 bits per heavy atom. The van der Waals surface area contributed by atoms with Gasteiger partial charge in [-0.15, -0.1) is 0 Å². The van der Waals surface area contributed by atoms with Gasteiger partial charge in [0.15, 0.2) is 0 Å². The van der Waals surface area contributed by atoms with Crippen LogP contribution in [0, 0.1) is 11.3 Å². The van der Waals surface area contributed by atoms with Gasteiger partial charge in [0.2, 0.25) is 5.91 Å². The summed E-state index contributed by atoms with van der Waals surface area (Å²) in [4.78, 5) is 13.4. The highest BCUT2D eigenvalue weighted by atomic mass is 32.2. The van der Waals surface area contributed by atoms with Gasteiger partial charge in [0.1, 0.15) is 0 Å². The molecule has 0 saturated carbocycles. The number of methoxy groups -OCH3 is 1. The third kappa shape index (κ3) is 7.23. The van der Waals surface area contributed by atoms with Gasteiger partial charge in [-0.1, -0.05) is 0 Å². The van der Waals surface area contributed by atoms with E-state index in [0.717, 1.165) is 5.75 Å². The maximum atomic E-state index is 11.7. The van der Waals surface area contributed by atoms with Crippen LogP contribution in [0.25, 0.3) is 0 Å². The first-order valence-corrected chi connectivity index (χ1v) is 6.28. The molecule has 0 saturated heterocycles. The van der Waals surface area contributed by atoms with Gasteiger partial charge in [0, 0.05) is 32.4 Å². The Kier molecular flexibility index (Phi) is 9.33. The van der Waals surface area contributed by atoms with Gasteiger partial charge < -0.3 is 9.64 Å². The van der Waals surface area contributed by atoms with Gasteiger partial charge in [0.05, 0.1) is 19.1 Å². The van der Waals surface area contributed by atoms with E-state index in [1.165, 1.54) is 0 Å². The lowest BCUT2D eigenvalue weighted by Crippen LogP contribution is -2.34. The number of nitriles is 1. The standard InChI is InChI=1S/C10H18N2O2S/c1-14-8-7-12(6-3-5-11)10(13)4-9-15-2/h3-4,6-9H2,1-2H3. The van der Waals surface area contributed by atoms with Gasteiger partial charge in [-0.3, -0.25) is 4.79 Å². The summed E-state index contributed by atoms with van der Waals surface area (Å²) in [5, 5.41) is 8.48. The molecule has 0 aliphatic heterocycles. The largest absolute Gasteiger partial charge is 0.383 e. The lowest BCUT2D eigenvalue weighted by atomic mass is 10.3. The van der Waals surface area contributed by atoms with E-state index in [-0.39, 0.29) is 5.91 Å². The van der Waals surface area contributed by atoms with Gasteiger partial charge in [-0.25, -0.2) is 0 Å². The fraction of sp³-hybridized carbons (Fsp3) is 0.800. The number of nitrogens with zero attached hydrogens (tertiary/aromatic N) is 2. The van der Waals surface area contributed by atoms with Crippen molar-refractivity contribution < 1.29 is 9.53 Å². The van der Waals surface area contributed by atoms with Gasteiger partial charge in [-0.05, 0) is 6.26 Å². The van der Waals surface area contributed by atoms with Crippen molar-refractivity contribution in [2.45, 2.75) is 12.8 Å². The molecule has 0 aromatic carbocycles. The van der Waals surface area contributed by atoms with Crippen molar-refractivity contribution in [1.82, 2.24) is 4.90 Å². The molecule has 4 nitrogen and oxygen atoms in total. The summed E-state index contributed by atoms with van der Waals surface area (Å²) in [5.41, 5.74) is 0. The maximum absolute atomic E-state index is 11.7. The second-order valence-corrected chi connectivity index (χ2v) is 4.01. The van der Waals surface area contributed by atoms with Crippen LogP contribution >= 0.6 is 11.8 Å². The molecule has 5 heteroatoms. The summed E-state index contributed by atoms with van der Waals surface area (Å²) in [6.07, 6.45) is 2.90. The molecule has 0 unspecified atom stereocenters. The molecule has 86 valence electrons. The molecule has 0 radical (unpaired) electrons. The number of amides is 1. The molecule has 0 spiro atoms. The highest BCUT2D eigenvalue weighted by molar-refractivity contribution is 7.98. The van der Waals surface area contributed by atoms with Crippen LogP contribution in [0.1, 0.15) is 12.8 Å². The zero-order valence-electron chi connectivity index (χ0n) is 9.36. The fourth-order valence-corrected chi connectivity index (χ4v) is 1.47. The van der Waals surface area contributed by atoms with E-state index in [1.807, 2.05) is 12.3 Å². The highest BCUT2D eigenvalue weighted by Gasteiger charge is 2.11. The van der Waals surface area contributed by atoms with Crippen LogP contribution in [0.5, 0.6) is 0 Å². The first-order valence-electron chi connectivity index (χ1n) is 4.88. The van der Waals surface area contributed by atoms with Gasteiger partial charge in [-0.2, -0.15) is 17.0 Å². The van der Waals surface area contributed by atoms with Crippen molar-refractivity contribution in [3.8, 4) is 6.07 Å². The Morgan fingerprint density at radius 2 is 2.27 bits per heavy atom. The Morgan fingerprint density at radius 3 is 2.80 bits per heavy atom. The number of rotatable bonds is 8. The molecule has 0 bridgehead atoms. The van der Waals surface area contributed by atoms with Crippen LogP contribution in [-0.4, -0.2) is 49.6 Å². The average molecular weight is 230 g/mol. The van der Waals surface area contributed by atoms with E-state index in [2.05, 4.69) is 0 Å². The topological polar surface area (TPSA) is 53.3 Å². The molecule has 0 fully saturated rings. The molecule has 0 aromatic heterocycles. The van der Waals surface area contributed by atoms with Crippen LogP contribution < -0.4 is 0 Å². The number of carbonyl (C=O) groups excluding carboxylic acids is 1. The Hall–Kier alpha value is -0.730. The zero-order valence-corrected chi connectivity index (χ0v) is 10.2. The quantitative estimate of drug-likeness (QED) is 0.627. The first kappa shape index (κ1) is 14.3. The van der Waals surface area contributed by atoms with E-state index in [1.54, 1.807) is 23.8 Å². The molecule has 0 atom stereocenters. The highest BCUT2D eigenvalue weighted by Crippen LogP contribution is 2.01. The lowest BCUT2D eigenvalue weighted by Gasteiger charge is -2.20. The molecule has 0 N–H and O–H groups in total. The summed E-state index contributed by atoms with van der Waals surface area (Å²) in [5.74, 6) is 0.936. The number of carbonyl (C=O) groups is 1. The van der Waals surface area contributed by atoms with Gasteiger partial charge >= 0.3 is 0 Å². The maximum Gasteiger partial charge on any atom is 0.223 e. The summed E-state index contributed by atoms with van der Waals surface area (Å²) in [6, 6.07) is 2.05. The zero-order chi connectivity index (χ0) is 11.5. The van der Waals surface area contributed by atoms with E-state index < -0.39 is 0 Å². The van der Waals surface area contributed by atoms with Crippen LogP contribution in [-0.2, 0) is 9.53 Å². The predicted octanol–water partition coefficient (Wildman–Crippen LogP) is 1.13. The van der Waals surface area contributed by atoms with Crippen molar-refractivity contribution in [3.63, 3.8) is 0 Å². The van der Waals surface area contributed by atoms with Crippen molar-refractivity contribution in [2.24, 2.45) is 0 Å². The number of ether oxygens (including phenoxy) is 1. The Bertz CT molecular complexity index is 216. The molecule has 0 aliphatic carbocycles. The average Bonchev–Trinajstić information content (AvgIpc) is 2.26. The lowest BCUT2D eigenvalue weighted by molar-refractivity contribution is -0.131. The third-order valence-corrected chi connectivity index (χ3v) is 2.54. The van der Waals surface area contributed by atoms with E-state index in [9.17, 15) is 4.79 Å². The summed E-state index contributed by atoms with van der Waals surface area (Å²) in [7, 11) is 1.61. The molecular weight excluding hydrogens is 212 g/mol. The Balaban J connectivity index is 3.97. The van der Waals surface area contributed by atoms with Crippen LogP contribution in [0.2, 0.25) is 0 Å². The number of hydrogen-bond donors (Lipinski definition) is 0. The van der Waals surface area contributed by atoms with E-state index in [4.69, 9.17) is 10.00 Å². The Labute approximate surface area is 95.6 Å². The number of thioether (sulfide) groups is 1. The van der Waals surface area contributed by atoms with Crippen molar-refractivity contribution in [1.29, 1.82) is 5.26 Å². The molecule has 0 rings (SSSR count). The molecule has 0 heterocycles. The minimum absolute atomic E-state index is 0.108. The third-order valence-electron chi connectivity index (χ3n) is 1.93. The van der Waals surface area contributed by atoms with Crippen molar-refractivity contribution in [2.75, 3.05) is 38.8 Å². The predicted molar refractivity (Wildman–Crippen MR) is 61.7 cm³/mol. The van der Waals surface area contributed by atoms with E-state index in [0.29, 0.717) is 32.5 Å². The molecule has 0 aliphatic rings. The molecule has 15 heavy (non-hydrogen) atoms. The summed E-state index contributed by atoms with van der Waals surface area (Å²) >= 11 is 1.65. The normalized spacial score (nSPS) is 9.67. The molecular formula is C10H18N2O2S. The van der Waals surface area contributed by atoms with Crippen LogP contribution in [0.3, 0.4) is 0 Å². The smallest absolute Gasteiger partial charge is 0.223 e. The SMILES string of the molecule is COCCN(CCC#N)C(=O)CCSC. The second kappa shape index (κ2) is 9.81. The monoisotopic (exact) mass is 230 g/mol. The second-order valence-electron chi connectivity index (χ2n) is 3.02. The molecule has 1 amide bonds. The summed E-state index contributed by atoms with van der Waals surface area (Å²) < 4.78 is 4.92. The summed E-state index contributed by atoms with van der Waals surface area (Å²) in [6.45, 7) is 1.61. The first-order chi connectivity index (χ1) is 7.26. The number of hydrogen-bond acceptors (Lipinski definition) is 4. The van der Waals surface area contributed by atoms with Crippen LogP contribution in [0.15, 0.2) is 0 Å². The van der Waals surface area contributed by atoms with Crippen LogP contribution in [0.4, 0.5) is 0 Å². The minimum Gasteiger partial charge on any atom is -0.383 e. The van der Waals surface area contributed by atoms with E-state index >= 15 is 0 Å². The minimum atomic E-state index is 0.108. The van der Waals surface area contributed by atoms with Crippen molar-refractivity contribution >= 4 is 17.7 Å².